The molecule has 7 nitrogen and oxygen atoms in total. The van der Waals surface area contributed by atoms with Gasteiger partial charge in [-0.25, -0.2) is 9.50 Å². The number of benzene rings is 1. The van der Waals surface area contributed by atoms with Gasteiger partial charge in [0.05, 0.1) is 10.0 Å². The van der Waals surface area contributed by atoms with Gasteiger partial charge in [-0.15, -0.1) is 5.10 Å². The molecule has 0 saturated carbocycles. The van der Waals surface area contributed by atoms with Crippen LogP contribution in [0, 0.1) is 0 Å². The Bertz CT molecular complexity index is 918. The minimum absolute atomic E-state index is 0.162. The van der Waals surface area contributed by atoms with Crippen LogP contribution in [0.4, 0.5) is 0 Å². The molecular formula is C17H16Cl2N6O. The van der Waals surface area contributed by atoms with Crippen LogP contribution in [0.25, 0.3) is 5.78 Å². The summed E-state index contributed by atoms with van der Waals surface area (Å²) in [5, 5.41) is 5.32. The van der Waals surface area contributed by atoms with Crippen LogP contribution in [0.2, 0.25) is 10.0 Å². The highest BCUT2D eigenvalue weighted by Crippen LogP contribution is 2.23. The van der Waals surface area contributed by atoms with Gasteiger partial charge in [0.15, 0.2) is 0 Å². The fraction of sp³-hybridized carbons (Fsp3) is 0.294. The van der Waals surface area contributed by atoms with Crippen molar-refractivity contribution in [1.82, 2.24) is 29.4 Å². The number of amides is 1. The van der Waals surface area contributed by atoms with Crippen LogP contribution in [0.1, 0.15) is 16.2 Å². The molecule has 0 bridgehead atoms. The first-order chi connectivity index (χ1) is 12.6. The molecule has 0 unspecified atom stereocenters. The Morgan fingerprint density at radius 1 is 1.12 bits per heavy atom. The highest BCUT2D eigenvalue weighted by Gasteiger charge is 2.25. The number of nitrogens with zero attached hydrogens (tertiary/aromatic N) is 6. The molecule has 3 heterocycles. The quantitative estimate of drug-likeness (QED) is 0.686. The maximum atomic E-state index is 12.6. The summed E-state index contributed by atoms with van der Waals surface area (Å²) in [5.41, 5.74) is 1.10. The monoisotopic (exact) mass is 390 g/mol. The van der Waals surface area contributed by atoms with Crippen molar-refractivity contribution in [2.75, 3.05) is 26.2 Å². The molecule has 0 spiro atoms. The topological polar surface area (TPSA) is 66.6 Å². The highest BCUT2D eigenvalue weighted by atomic mass is 35.5. The minimum atomic E-state index is -0.162. The lowest BCUT2D eigenvalue weighted by Crippen LogP contribution is -2.48. The van der Waals surface area contributed by atoms with Crippen LogP contribution in [0.15, 0.2) is 36.7 Å². The third-order valence-electron chi connectivity index (χ3n) is 4.36. The summed E-state index contributed by atoms with van der Waals surface area (Å²) < 4.78 is 1.51. The number of rotatable bonds is 3. The Kier molecular flexibility index (Phi) is 4.76. The van der Waals surface area contributed by atoms with Gasteiger partial charge in [0, 0.05) is 45.1 Å². The molecule has 0 atom stereocenters. The lowest BCUT2D eigenvalue weighted by molar-refractivity contribution is 0.0617. The molecular weight excluding hydrogens is 375 g/mol. The van der Waals surface area contributed by atoms with Gasteiger partial charge < -0.3 is 4.90 Å². The number of hydrogen-bond donors (Lipinski definition) is 0. The first-order valence-corrected chi connectivity index (χ1v) is 8.99. The molecule has 1 amide bonds. The fourth-order valence-electron chi connectivity index (χ4n) is 2.97. The molecule has 1 aromatic carbocycles. The Hall–Kier alpha value is -2.22. The normalized spacial score (nSPS) is 15.5. The molecule has 0 N–H and O–H groups in total. The van der Waals surface area contributed by atoms with E-state index in [-0.39, 0.29) is 11.7 Å². The molecule has 1 aliphatic rings. The van der Waals surface area contributed by atoms with Gasteiger partial charge in [-0.05, 0) is 23.8 Å². The van der Waals surface area contributed by atoms with E-state index < -0.39 is 0 Å². The van der Waals surface area contributed by atoms with Gasteiger partial charge in [-0.1, -0.05) is 29.3 Å². The van der Waals surface area contributed by atoms with Crippen LogP contribution >= 0.6 is 23.2 Å². The second-order valence-corrected chi connectivity index (χ2v) is 6.93. The molecule has 1 saturated heterocycles. The smallest absolute Gasteiger partial charge is 0.293 e. The van der Waals surface area contributed by atoms with E-state index in [0.29, 0.717) is 28.9 Å². The zero-order valence-corrected chi connectivity index (χ0v) is 15.4. The molecule has 4 rings (SSSR count). The predicted octanol–water partition coefficient (Wildman–Crippen LogP) is 2.39. The van der Waals surface area contributed by atoms with Crippen molar-refractivity contribution in [2.24, 2.45) is 0 Å². The summed E-state index contributed by atoms with van der Waals surface area (Å²) in [6, 6.07) is 7.41. The number of aromatic nitrogens is 4. The van der Waals surface area contributed by atoms with E-state index in [2.05, 4.69) is 20.0 Å². The predicted molar refractivity (Wildman–Crippen MR) is 98.4 cm³/mol. The van der Waals surface area contributed by atoms with E-state index in [0.717, 1.165) is 25.2 Å². The van der Waals surface area contributed by atoms with E-state index in [1.807, 2.05) is 18.2 Å². The number of carbonyl (C=O) groups is 1. The van der Waals surface area contributed by atoms with Gasteiger partial charge in [0.2, 0.25) is 5.82 Å². The maximum Gasteiger partial charge on any atom is 0.293 e. The third-order valence-corrected chi connectivity index (χ3v) is 5.10. The van der Waals surface area contributed by atoms with Crippen molar-refractivity contribution in [3.8, 4) is 0 Å². The number of halogens is 2. The summed E-state index contributed by atoms with van der Waals surface area (Å²) in [5.74, 6) is 0.445. The number of piperazine rings is 1. The zero-order chi connectivity index (χ0) is 18.1. The Morgan fingerprint density at radius 2 is 1.92 bits per heavy atom. The van der Waals surface area contributed by atoms with Crippen LogP contribution in [0.3, 0.4) is 0 Å². The van der Waals surface area contributed by atoms with Crippen molar-refractivity contribution in [3.63, 3.8) is 0 Å². The third kappa shape index (κ3) is 3.51. The van der Waals surface area contributed by atoms with Crippen molar-refractivity contribution < 1.29 is 4.79 Å². The summed E-state index contributed by atoms with van der Waals surface area (Å²) in [4.78, 5) is 25.0. The molecule has 0 aliphatic carbocycles. The van der Waals surface area contributed by atoms with Gasteiger partial charge >= 0.3 is 0 Å². The molecule has 1 aliphatic heterocycles. The van der Waals surface area contributed by atoms with Crippen LogP contribution < -0.4 is 0 Å². The zero-order valence-electron chi connectivity index (χ0n) is 13.8. The summed E-state index contributed by atoms with van der Waals surface area (Å²) in [7, 11) is 0. The van der Waals surface area contributed by atoms with Crippen molar-refractivity contribution in [1.29, 1.82) is 0 Å². The first kappa shape index (κ1) is 17.2. The van der Waals surface area contributed by atoms with Gasteiger partial charge in [-0.2, -0.15) is 4.98 Å². The summed E-state index contributed by atoms with van der Waals surface area (Å²) in [6.07, 6.45) is 3.35. The molecule has 9 heteroatoms. The average Bonchev–Trinajstić information content (AvgIpc) is 3.09. The van der Waals surface area contributed by atoms with Crippen molar-refractivity contribution in [3.05, 3.63) is 58.1 Å². The summed E-state index contributed by atoms with van der Waals surface area (Å²) >= 11 is 12.0. The molecule has 134 valence electrons. The molecule has 0 radical (unpaired) electrons. The van der Waals surface area contributed by atoms with Crippen molar-refractivity contribution in [2.45, 2.75) is 6.54 Å². The molecule has 2 aromatic heterocycles. The molecule has 26 heavy (non-hydrogen) atoms. The first-order valence-electron chi connectivity index (χ1n) is 8.23. The van der Waals surface area contributed by atoms with Crippen LogP contribution in [0.5, 0.6) is 0 Å². The van der Waals surface area contributed by atoms with Gasteiger partial charge in [0.25, 0.3) is 11.7 Å². The van der Waals surface area contributed by atoms with Crippen LogP contribution in [-0.4, -0.2) is 61.5 Å². The number of hydrogen-bond acceptors (Lipinski definition) is 5. The van der Waals surface area contributed by atoms with Gasteiger partial charge in [0.1, 0.15) is 0 Å². The highest BCUT2D eigenvalue weighted by molar-refractivity contribution is 6.42. The SMILES string of the molecule is O=C(c1nc2ncccn2n1)N1CCN(Cc2ccc(Cl)c(Cl)c2)CC1. The lowest BCUT2D eigenvalue weighted by atomic mass is 10.2. The fourth-order valence-corrected chi connectivity index (χ4v) is 3.29. The van der Waals surface area contributed by atoms with E-state index >= 15 is 0 Å². The van der Waals surface area contributed by atoms with E-state index in [1.165, 1.54) is 4.52 Å². The largest absolute Gasteiger partial charge is 0.333 e. The van der Waals surface area contributed by atoms with Crippen molar-refractivity contribution >= 4 is 34.9 Å². The standard InChI is InChI=1S/C17H16Cl2N6O/c18-13-3-2-12(10-14(13)19)11-23-6-8-24(9-7-23)16(26)15-21-17-20-4-1-5-25(17)22-15/h1-5,10H,6-9,11H2. The Balaban J connectivity index is 1.38. The van der Waals surface area contributed by atoms with Gasteiger partial charge in [-0.3, -0.25) is 9.69 Å². The van der Waals surface area contributed by atoms with E-state index in [4.69, 9.17) is 23.2 Å². The summed E-state index contributed by atoms with van der Waals surface area (Å²) in [6.45, 7) is 3.58. The minimum Gasteiger partial charge on any atom is -0.333 e. The average molecular weight is 391 g/mol. The Labute approximate surface area is 160 Å². The Morgan fingerprint density at radius 3 is 2.65 bits per heavy atom. The number of fused-ring (bicyclic) bond motifs is 1. The van der Waals surface area contributed by atoms with Crippen LogP contribution in [-0.2, 0) is 6.54 Å². The maximum absolute atomic E-state index is 12.6. The molecule has 1 fully saturated rings. The molecule has 3 aromatic rings. The second kappa shape index (κ2) is 7.19. The lowest BCUT2D eigenvalue weighted by Gasteiger charge is -2.34. The van der Waals surface area contributed by atoms with E-state index in [9.17, 15) is 4.79 Å². The second-order valence-electron chi connectivity index (χ2n) is 6.12. The van der Waals surface area contributed by atoms with E-state index in [1.54, 1.807) is 23.4 Å². The number of carbonyl (C=O) groups excluding carboxylic acids is 1.